The number of hydrogen-bond acceptors (Lipinski definition) is 4. The molecule has 1 rings (SSSR count). The summed E-state index contributed by atoms with van der Waals surface area (Å²) in [6.07, 6.45) is 0.0590. The summed E-state index contributed by atoms with van der Waals surface area (Å²) < 4.78 is 4.45. The minimum absolute atomic E-state index is 0.0267. The number of piperidine rings is 1. The number of nitrogens with two attached hydrogens (primary N) is 1. The highest BCUT2D eigenvalue weighted by atomic mass is 16.5. The summed E-state index contributed by atoms with van der Waals surface area (Å²) in [5, 5.41) is 5.22. The van der Waals surface area contributed by atoms with Crippen LogP contribution in [0.2, 0.25) is 0 Å². The van der Waals surface area contributed by atoms with Crippen molar-refractivity contribution in [2.45, 2.75) is 12.8 Å². The highest BCUT2D eigenvalue weighted by Gasteiger charge is 2.23. The Morgan fingerprint density at radius 3 is 2.88 bits per heavy atom. The molecule has 4 N–H and O–H groups in total. The predicted molar refractivity (Wildman–Crippen MR) is 54.3 cm³/mol. The molecule has 1 atom stereocenters. The Balaban J connectivity index is 2.15. The molecule has 1 aliphatic rings. The molecular formula is C9H15N3O4. The van der Waals surface area contributed by atoms with Crippen LogP contribution in [0, 0.1) is 5.92 Å². The first-order valence-electron chi connectivity index (χ1n) is 5.06. The molecule has 0 aromatic carbocycles. The summed E-state index contributed by atoms with van der Waals surface area (Å²) >= 11 is 0. The fourth-order valence-corrected chi connectivity index (χ4v) is 1.43. The third-order valence-electron chi connectivity index (χ3n) is 2.28. The van der Waals surface area contributed by atoms with Crippen LogP contribution in [-0.2, 0) is 14.3 Å². The molecule has 0 aliphatic carbocycles. The molecule has 7 nitrogen and oxygen atoms in total. The van der Waals surface area contributed by atoms with Crippen LogP contribution in [0.1, 0.15) is 12.8 Å². The zero-order chi connectivity index (χ0) is 12.0. The first-order valence-corrected chi connectivity index (χ1v) is 5.06. The summed E-state index contributed by atoms with van der Waals surface area (Å²) in [4.78, 5) is 32.6. The fraction of sp³-hybridized carbons (Fsp3) is 0.667. The first-order chi connectivity index (χ1) is 7.59. The Hall–Kier alpha value is -1.79. The molecule has 0 spiro atoms. The van der Waals surface area contributed by atoms with Gasteiger partial charge in [0.2, 0.25) is 11.8 Å². The number of carbonyl (C=O) groups excluding carboxylic acids is 3. The molecule has 1 aliphatic heterocycles. The van der Waals surface area contributed by atoms with E-state index in [1.807, 2.05) is 0 Å². The fourth-order valence-electron chi connectivity index (χ4n) is 1.43. The van der Waals surface area contributed by atoms with Crippen molar-refractivity contribution in [3.05, 3.63) is 0 Å². The van der Waals surface area contributed by atoms with Crippen molar-refractivity contribution >= 4 is 17.9 Å². The second kappa shape index (κ2) is 5.94. The number of ether oxygens (including phenoxy) is 1. The average molecular weight is 229 g/mol. The maximum Gasteiger partial charge on any atom is 0.404 e. The van der Waals surface area contributed by atoms with Gasteiger partial charge in [0, 0.05) is 13.0 Å². The zero-order valence-electron chi connectivity index (χ0n) is 8.82. The highest BCUT2D eigenvalue weighted by molar-refractivity contribution is 5.83. The van der Waals surface area contributed by atoms with Crippen LogP contribution in [0.4, 0.5) is 4.79 Å². The lowest BCUT2D eigenvalue weighted by Gasteiger charge is -2.21. The van der Waals surface area contributed by atoms with Gasteiger partial charge in [0.25, 0.3) is 0 Å². The minimum atomic E-state index is -0.862. The smallest absolute Gasteiger partial charge is 0.404 e. The van der Waals surface area contributed by atoms with E-state index in [1.165, 1.54) is 0 Å². The Bertz CT molecular complexity index is 282. The summed E-state index contributed by atoms with van der Waals surface area (Å²) in [5.74, 6) is -0.375. The summed E-state index contributed by atoms with van der Waals surface area (Å²) in [7, 11) is 0. The van der Waals surface area contributed by atoms with Gasteiger partial charge in [0.05, 0.1) is 12.5 Å². The van der Waals surface area contributed by atoms with Gasteiger partial charge in [-0.1, -0.05) is 0 Å². The number of amides is 3. The normalized spacial score (nSPS) is 19.8. The number of hydrogen-bond donors (Lipinski definition) is 3. The molecule has 7 heteroatoms. The molecule has 0 aromatic rings. The predicted octanol–water partition coefficient (Wildman–Crippen LogP) is -1.28. The number of nitrogens with one attached hydrogen (secondary N) is 2. The van der Waals surface area contributed by atoms with Crippen molar-refractivity contribution < 1.29 is 19.1 Å². The number of primary amides is 1. The van der Waals surface area contributed by atoms with E-state index in [-0.39, 0.29) is 30.9 Å². The van der Waals surface area contributed by atoms with E-state index in [1.54, 1.807) is 0 Å². The summed E-state index contributed by atoms with van der Waals surface area (Å²) in [5.41, 5.74) is 4.75. The lowest BCUT2D eigenvalue weighted by molar-refractivity contribution is -0.129. The van der Waals surface area contributed by atoms with Gasteiger partial charge < -0.3 is 21.1 Å². The number of carbonyl (C=O) groups is 3. The van der Waals surface area contributed by atoms with E-state index in [0.29, 0.717) is 19.4 Å². The molecule has 0 radical (unpaired) electrons. The summed E-state index contributed by atoms with van der Waals surface area (Å²) in [6.45, 7) is 0.647. The second-order valence-electron chi connectivity index (χ2n) is 3.50. The van der Waals surface area contributed by atoms with Crippen LogP contribution >= 0.6 is 0 Å². The van der Waals surface area contributed by atoms with Crippen LogP contribution in [0.3, 0.4) is 0 Å². The standard InChI is InChI=1S/C9H15N3O4/c10-9(15)16-4-3-11-8(14)6-1-2-7(13)12-5-6/h6H,1-5H2,(H2,10,15)(H,11,14)(H,12,13). The molecule has 90 valence electrons. The molecule has 1 unspecified atom stereocenters. The zero-order valence-corrected chi connectivity index (χ0v) is 8.82. The monoisotopic (exact) mass is 229 g/mol. The molecule has 1 fully saturated rings. The Kier molecular flexibility index (Phi) is 4.56. The SMILES string of the molecule is NC(=O)OCCNC(=O)C1CCC(=O)NC1. The van der Waals surface area contributed by atoms with Crippen molar-refractivity contribution in [2.75, 3.05) is 19.7 Å². The van der Waals surface area contributed by atoms with Gasteiger partial charge >= 0.3 is 6.09 Å². The van der Waals surface area contributed by atoms with E-state index >= 15 is 0 Å². The third kappa shape index (κ3) is 4.16. The largest absolute Gasteiger partial charge is 0.448 e. The van der Waals surface area contributed by atoms with Crippen molar-refractivity contribution in [2.24, 2.45) is 11.7 Å². The molecule has 0 bridgehead atoms. The first kappa shape index (κ1) is 12.3. The lowest BCUT2D eigenvalue weighted by atomic mass is 9.98. The van der Waals surface area contributed by atoms with Gasteiger partial charge in [-0.3, -0.25) is 9.59 Å². The van der Waals surface area contributed by atoms with Crippen molar-refractivity contribution in [3.63, 3.8) is 0 Å². The van der Waals surface area contributed by atoms with Gasteiger partial charge in [-0.2, -0.15) is 0 Å². The molecule has 0 saturated carbocycles. The molecule has 1 saturated heterocycles. The topological polar surface area (TPSA) is 111 Å². The molecule has 16 heavy (non-hydrogen) atoms. The van der Waals surface area contributed by atoms with Crippen molar-refractivity contribution in [3.8, 4) is 0 Å². The van der Waals surface area contributed by atoms with E-state index in [0.717, 1.165) is 0 Å². The maximum atomic E-state index is 11.5. The molecule has 0 aromatic heterocycles. The minimum Gasteiger partial charge on any atom is -0.448 e. The van der Waals surface area contributed by atoms with E-state index in [2.05, 4.69) is 15.4 Å². The van der Waals surface area contributed by atoms with Crippen LogP contribution in [0.25, 0.3) is 0 Å². The van der Waals surface area contributed by atoms with Crippen LogP contribution in [0.5, 0.6) is 0 Å². The van der Waals surface area contributed by atoms with E-state index in [4.69, 9.17) is 5.73 Å². The molecule has 1 heterocycles. The number of rotatable bonds is 4. The molecule has 3 amide bonds. The van der Waals surface area contributed by atoms with Crippen LogP contribution < -0.4 is 16.4 Å². The molecular weight excluding hydrogens is 214 g/mol. The van der Waals surface area contributed by atoms with Crippen LogP contribution in [-0.4, -0.2) is 37.6 Å². The quantitative estimate of drug-likeness (QED) is 0.521. The van der Waals surface area contributed by atoms with Gasteiger partial charge in [-0.15, -0.1) is 0 Å². The van der Waals surface area contributed by atoms with Crippen molar-refractivity contribution in [1.82, 2.24) is 10.6 Å². The Morgan fingerprint density at radius 1 is 1.56 bits per heavy atom. The van der Waals surface area contributed by atoms with Gasteiger partial charge in [-0.05, 0) is 6.42 Å². The van der Waals surface area contributed by atoms with Crippen LogP contribution in [0.15, 0.2) is 0 Å². The van der Waals surface area contributed by atoms with E-state index < -0.39 is 6.09 Å². The highest BCUT2D eigenvalue weighted by Crippen LogP contribution is 2.10. The van der Waals surface area contributed by atoms with Gasteiger partial charge in [0.15, 0.2) is 0 Å². The van der Waals surface area contributed by atoms with E-state index in [9.17, 15) is 14.4 Å². The second-order valence-corrected chi connectivity index (χ2v) is 3.50. The third-order valence-corrected chi connectivity index (χ3v) is 2.28. The maximum absolute atomic E-state index is 11.5. The average Bonchev–Trinajstić information content (AvgIpc) is 2.25. The Morgan fingerprint density at radius 2 is 2.31 bits per heavy atom. The van der Waals surface area contributed by atoms with Crippen molar-refractivity contribution in [1.29, 1.82) is 0 Å². The van der Waals surface area contributed by atoms with Gasteiger partial charge in [0.1, 0.15) is 6.61 Å². The van der Waals surface area contributed by atoms with Gasteiger partial charge in [-0.25, -0.2) is 4.79 Å². The summed E-state index contributed by atoms with van der Waals surface area (Å²) in [6, 6.07) is 0. The Labute approximate surface area is 92.7 Å². The lowest BCUT2D eigenvalue weighted by Crippen LogP contribution is -2.43.